The fourth-order valence-electron chi connectivity index (χ4n) is 3.87. The minimum Gasteiger partial charge on any atom is -0.329 e. The highest BCUT2D eigenvalue weighted by molar-refractivity contribution is 5.95. The lowest BCUT2D eigenvalue weighted by Gasteiger charge is -2.21. The van der Waals surface area contributed by atoms with Gasteiger partial charge in [0.05, 0.1) is 10.4 Å². The second kappa shape index (κ2) is 8.24. The van der Waals surface area contributed by atoms with Gasteiger partial charge < -0.3 is 10.2 Å². The van der Waals surface area contributed by atoms with E-state index in [0.717, 1.165) is 27.9 Å². The number of rotatable bonds is 5. The Morgan fingerprint density at radius 3 is 2.59 bits per heavy atom. The quantitative estimate of drug-likeness (QED) is 0.306. The van der Waals surface area contributed by atoms with Gasteiger partial charge in [-0.05, 0) is 41.5 Å². The third-order valence-corrected chi connectivity index (χ3v) is 5.52. The molecular formula is C24H19N7O3. The summed E-state index contributed by atoms with van der Waals surface area (Å²) in [7, 11) is 1.88. The predicted molar refractivity (Wildman–Crippen MR) is 129 cm³/mol. The number of nitrogens with zero attached hydrogens (tertiary/aromatic N) is 6. The molecular weight excluding hydrogens is 434 g/mol. The molecule has 34 heavy (non-hydrogen) atoms. The first kappa shape index (κ1) is 21.0. The largest absolute Gasteiger partial charge is 0.329 e. The van der Waals surface area contributed by atoms with Crippen LogP contribution in [0.25, 0.3) is 27.8 Å². The molecule has 5 aromatic rings. The summed E-state index contributed by atoms with van der Waals surface area (Å²) in [6.07, 6.45) is 1.49. The first-order chi connectivity index (χ1) is 16.4. The van der Waals surface area contributed by atoms with Gasteiger partial charge in [0, 0.05) is 42.9 Å². The molecule has 0 unspecified atom stereocenters. The van der Waals surface area contributed by atoms with Crippen LogP contribution in [-0.4, -0.2) is 37.5 Å². The van der Waals surface area contributed by atoms with Crippen molar-refractivity contribution < 1.29 is 9.72 Å². The Morgan fingerprint density at radius 1 is 1.06 bits per heavy atom. The molecule has 10 nitrogen and oxygen atoms in total. The summed E-state index contributed by atoms with van der Waals surface area (Å²) >= 11 is 0. The van der Waals surface area contributed by atoms with E-state index in [4.69, 9.17) is 0 Å². The van der Waals surface area contributed by atoms with Crippen molar-refractivity contribution in [3.05, 3.63) is 83.2 Å². The smallest absolute Gasteiger partial charge is 0.271 e. The molecule has 0 saturated carbocycles. The third kappa shape index (κ3) is 3.77. The average Bonchev–Trinajstić information content (AvgIpc) is 3.32. The molecule has 0 aliphatic heterocycles. The molecule has 0 radical (unpaired) electrons. The molecule has 0 atom stereocenters. The van der Waals surface area contributed by atoms with Crippen molar-refractivity contribution in [1.82, 2.24) is 19.6 Å². The van der Waals surface area contributed by atoms with E-state index >= 15 is 0 Å². The zero-order chi connectivity index (χ0) is 23.8. The van der Waals surface area contributed by atoms with Crippen LogP contribution in [0.2, 0.25) is 0 Å². The molecule has 10 heteroatoms. The number of benzene rings is 3. The first-order valence-electron chi connectivity index (χ1n) is 10.4. The molecule has 1 N–H and O–H groups in total. The van der Waals surface area contributed by atoms with Crippen molar-refractivity contribution in [2.45, 2.75) is 6.92 Å². The number of nitro groups is 1. The van der Waals surface area contributed by atoms with Gasteiger partial charge in [-0.3, -0.25) is 19.3 Å². The van der Waals surface area contributed by atoms with Gasteiger partial charge in [0.15, 0.2) is 0 Å². The third-order valence-electron chi connectivity index (χ3n) is 5.52. The minimum absolute atomic E-state index is 0.0213. The normalized spacial score (nSPS) is 11.0. The van der Waals surface area contributed by atoms with Crippen molar-refractivity contribution in [3.63, 3.8) is 0 Å². The summed E-state index contributed by atoms with van der Waals surface area (Å²) in [5.74, 6) is 0.828. The van der Waals surface area contributed by atoms with E-state index in [1.165, 1.54) is 25.4 Å². The fourth-order valence-corrected chi connectivity index (χ4v) is 3.87. The van der Waals surface area contributed by atoms with Crippen molar-refractivity contribution >= 4 is 45.5 Å². The van der Waals surface area contributed by atoms with Crippen LogP contribution >= 0.6 is 0 Å². The monoisotopic (exact) mass is 453 g/mol. The van der Waals surface area contributed by atoms with Crippen molar-refractivity contribution in [2.24, 2.45) is 0 Å². The summed E-state index contributed by atoms with van der Waals surface area (Å²) in [5, 5.41) is 22.8. The average molecular weight is 453 g/mol. The van der Waals surface area contributed by atoms with E-state index in [-0.39, 0.29) is 11.6 Å². The first-order valence-corrected chi connectivity index (χ1v) is 10.4. The van der Waals surface area contributed by atoms with Gasteiger partial charge in [0.1, 0.15) is 12.1 Å². The number of amides is 1. The Bertz CT molecular complexity index is 1560. The molecule has 2 aromatic heterocycles. The number of hydrogen-bond acceptors (Lipinski definition) is 7. The van der Waals surface area contributed by atoms with Crippen LogP contribution in [-0.2, 0) is 4.79 Å². The number of nitro benzene ring substituents is 1. The summed E-state index contributed by atoms with van der Waals surface area (Å²) in [5.41, 5.74) is 4.16. The van der Waals surface area contributed by atoms with Crippen LogP contribution in [0.1, 0.15) is 6.92 Å². The highest BCUT2D eigenvalue weighted by Gasteiger charge is 2.17. The molecule has 5 rings (SSSR count). The molecule has 3 aromatic carbocycles. The Kier molecular flexibility index (Phi) is 5.09. The molecule has 0 aliphatic carbocycles. The van der Waals surface area contributed by atoms with E-state index in [1.807, 2.05) is 60.5 Å². The molecule has 1 amide bonds. The van der Waals surface area contributed by atoms with Gasteiger partial charge >= 0.3 is 0 Å². The van der Waals surface area contributed by atoms with Crippen molar-refractivity contribution in [3.8, 4) is 11.1 Å². The number of anilines is 3. The van der Waals surface area contributed by atoms with Crippen LogP contribution < -0.4 is 10.2 Å². The van der Waals surface area contributed by atoms with Crippen LogP contribution in [0, 0.1) is 10.1 Å². The number of nitrogens with one attached hydrogen (secondary N) is 1. The molecule has 0 spiro atoms. The summed E-state index contributed by atoms with van der Waals surface area (Å²) in [6.45, 7) is 1.47. The molecule has 2 heterocycles. The zero-order valence-electron chi connectivity index (χ0n) is 18.3. The van der Waals surface area contributed by atoms with Crippen molar-refractivity contribution in [1.29, 1.82) is 0 Å². The Balaban J connectivity index is 1.57. The van der Waals surface area contributed by atoms with Gasteiger partial charge in [0.2, 0.25) is 5.91 Å². The van der Waals surface area contributed by atoms with Gasteiger partial charge in [-0.25, -0.2) is 0 Å². The van der Waals surface area contributed by atoms with Gasteiger partial charge in [-0.15, -0.1) is 10.2 Å². The van der Waals surface area contributed by atoms with Crippen LogP contribution in [0.4, 0.5) is 22.9 Å². The highest BCUT2D eigenvalue weighted by atomic mass is 16.6. The summed E-state index contributed by atoms with van der Waals surface area (Å²) < 4.78 is 1.63. The van der Waals surface area contributed by atoms with Gasteiger partial charge in [-0.2, -0.15) is 4.98 Å². The van der Waals surface area contributed by atoms with Crippen LogP contribution in [0.3, 0.4) is 0 Å². The lowest BCUT2D eigenvalue weighted by Crippen LogP contribution is -2.13. The maximum Gasteiger partial charge on any atom is 0.271 e. The maximum atomic E-state index is 11.3. The topological polar surface area (TPSA) is 119 Å². The fraction of sp³-hybridized carbons (Fsp3) is 0.0833. The lowest BCUT2D eigenvalue weighted by atomic mass is 10.0. The Hall–Kier alpha value is -4.86. The van der Waals surface area contributed by atoms with E-state index < -0.39 is 4.92 Å². The number of aromatic nitrogens is 4. The standard InChI is InChI=1S/C24H19N7O3/c1-15(32)26-18-8-6-16(7-9-18)17-4-3-5-19(12-17)29(2)23-21-11-10-20(31(33)34)13-22(21)30-14-25-28-24(30)27-23/h3-14H,1-2H3,(H,26,32). The van der Waals surface area contributed by atoms with Gasteiger partial charge in [0.25, 0.3) is 11.5 Å². The van der Waals surface area contributed by atoms with E-state index in [1.54, 1.807) is 10.5 Å². The summed E-state index contributed by atoms with van der Waals surface area (Å²) in [6, 6.07) is 20.2. The number of carbonyl (C=O) groups is 1. The van der Waals surface area contributed by atoms with Crippen molar-refractivity contribution in [2.75, 3.05) is 17.3 Å². The SMILES string of the molecule is CC(=O)Nc1ccc(-c2cccc(N(C)c3nc4nncn4c4cc([N+](=O)[O-])ccc34)c2)cc1. The van der Waals surface area contributed by atoms with E-state index in [9.17, 15) is 14.9 Å². The maximum absolute atomic E-state index is 11.3. The minimum atomic E-state index is -0.430. The number of non-ortho nitro benzene ring substituents is 1. The second-order valence-corrected chi connectivity index (χ2v) is 7.76. The van der Waals surface area contributed by atoms with E-state index in [2.05, 4.69) is 20.5 Å². The summed E-state index contributed by atoms with van der Waals surface area (Å²) in [4.78, 5) is 28.7. The number of hydrogen-bond donors (Lipinski definition) is 1. The van der Waals surface area contributed by atoms with Crippen LogP contribution in [0.15, 0.2) is 73.1 Å². The van der Waals surface area contributed by atoms with Gasteiger partial charge in [-0.1, -0.05) is 24.3 Å². The zero-order valence-corrected chi connectivity index (χ0v) is 18.3. The highest BCUT2D eigenvalue weighted by Crippen LogP contribution is 2.33. The molecule has 0 aliphatic rings. The molecule has 0 saturated heterocycles. The number of fused-ring (bicyclic) bond motifs is 3. The Labute approximate surface area is 193 Å². The lowest BCUT2D eigenvalue weighted by molar-refractivity contribution is -0.384. The second-order valence-electron chi connectivity index (χ2n) is 7.76. The Morgan fingerprint density at radius 2 is 1.85 bits per heavy atom. The van der Waals surface area contributed by atoms with Crippen LogP contribution in [0.5, 0.6) is 0 Å². The van der Waals surface area contributed by atoms with E-state index in [0.29, 0.717) is 17.1 Å². The number of carbonyl (C=O) groups excluding carboxylic acids is 1. The predicted octanol–water partition coefficient (Wildman–Crippen LogP) is 4.58. The molecule has 0 bridgehead atoms. The molecule has 0 fully saturated rings. The molecule has 168 valence electrons.